The summed E-state index contributed by atoms with van der Waals surface area (Å²) in [4.78, 5) is 13.2. The minimum Gasteiger partial charge on any atom is -0.374 e. The summed E-state index contributed by atoms with van der Waals surface area (Å²) in [5.41, 5.74) is 0.821. The quantitative estimate of drug-likeness (QED) is 0.922. The number of fused-ring (bicyclic) bond motifs is 1. The van der Waals surface area contributed by atoms with Crippen LogP contribution in [0.25, 0.3) is 0 Å². The van der Waals surface area contributed by atoms with Gasteiger partial charge >= 0.3 is 0 Å². The highest BCUT2D eigenvalue weighted by Gasteiger charge is 2.26. The van der Waals surface area contributed by atoms with Crippen LogP contribution in [-0.4, -0.2) is 12.5 Å². The largest absolute Gasteiger partial charge is 0.374 e. The maximum atomic E-state index is 13.7. The monoisotopic (exact) mass is 292 g/mol. The molecule has 3 nitrogen and oxygen atoms in total. The smallest absolute Gasteiger partial charge is 0.246 e. The van der Waals surface area contributed by atoms with Gasteiger partial charge in [-0.1, -0.05) is 18.2 Å². The van der Waals surface area contributed by atoms with Gasteiger partial charge in [-0.3, -0.25) is 4.79 Å². The molecule has 0 spiro atoms. The number of carbonyl (C=O) groups excluding carboxylic acids is 1. The van der Waals surface area contributed by atoms with Crippen LogP contribution in [0.5, 0.6) is 0 Å². The van der Waals surface area contributed by atoms with Gasteiger partial charge in [-0.25, -0.2) is 13.2 Å². The fourth-order valence-electron chi connectivity index (χ4n) is 2.27. The molecule has 1 aliphatic heterocycles. The van der Waals surface area contributed by atoms with E-state index in [4.69, 9.17) is 0 Å². The molecule has 1 amide bonds. The van der Waals surface area contributed by atoms with Crippen molar-refractivity contribution in [3.05, 3.63) is 59.4 Å². The van der Waals surface area contributed by atoms with Crippen molar-refractivity contribution in [1.29, 1.82) is 0 Å². The number of carbonyl (C=O) groups is 1. The van der Waals surface area contributed by atoms with E-state index in [1.54, 1.807) is 18.2 Å². The molecule has 1 heterocycles. The van der Waals surface area contributed by atoms with Gasteiger partial charge in [0, 0.05) is 17.7 Å². The second-order valence-electron chi connectivity index (χ2n) is 4.71. The van der Waals surface area contributed by atoms with Crippen molar-refractivity contribution < 1.29 is 18.0 Å². The van der Waals surface area contributed by atoms with E-state index in [1.165, 1.54) is 11.0 Å². The van der Waals surface area contributed by atoms with Crippen molar-refractivity contribution in [1.82, 2.24) is 0 Å². The molecular formula is C15H11F3N2O. The first kappa shape index (κ1) is 13.5. The Hall–Kier alpha value is -2.50. The Morgan fingerprint density at radius 3 is 2.52 bits per heavy atom. The number of hydrogen-bond acceptors (Lipinski definition) is 2. The maximum Gasteiger partial charge on any atom is 0.246 e. The maximum absolute atomic E-state index is 13.7. The third-order valence-electron chi connectivity index (χ3n) is 3.35. The lowest BCUT2D eigenvalue weighted by Crippen LogP contribution is -2.39. The van der Waals surface area contributed by atoms with Crippen LogP contribution in [0, 0.1) is 17.5 Å². The third kappa shape index (κ3) is 2.44. The van der Waals surface area contributed by atoms with Crippen molar-refractivity contribution in [3.8, 4) is 0 Å². The predicted octanol–water partition coefficient (Wildman–Crippen LogP) is 3.06. The Kier molecular flexibility index (Phi) is 3.29. The van der Waals surface area contributed by atoms with Crippen LogP contribution < -0.4 is 10.2 Å². The zero-order chi connectivity index (χ0) is 15.0. The van der Waals surface area contributed by atoms with E-state index in [0.29, 0.717) is 11.3 Å². The highest BCUT2D eigenvalue weighted by Crippen LogP contribution is 2.33. The summed E-state index contributed by atoms with van der Waals surface area (Å²) in [5, 5.41) is 2.72. The summed E-state index contributed by atoms with van der Waals surface area (Å²) < 4.78 is 40.4. The average molecular weight is 292 g/mol. The molecule has 2 aromatic rings. The van der Waals surface area contributed by atoms with Crippen molar-refractivity contribution in [2.75, 3.05) is 16.8 Å². The number of rotatable bonds is 2. The first-order valence-electron chi connectivity index (χ1n) is 6.33. The normalized spacial score (nSPS) is 13.9. The zero-order valence-corrected chi connectivity index (χ0v) is 10.9. The average Bonchev–Trinajstić information content (AvgIpc) is 2.46. The van der Waals surface area contributed by atoms with Crippen molar-refractivity contribution in [2.24, 2.45) is 0 Å². The van der Waals surface area contributed by atoms with E-state index in [-0.39, 0.29) is 24.7 Å². The van der Waals surface area contributed by atoms with Gasteiger partial charge in [0.05, 0.1) is 24.5 Å². The van der Waals surface area contributed by atoms with E-state index in [9.17, 15) is 18.0 Å². The van der Waals surface area contributed by atoms with Gasteiger partial charge in [0.15, 0.2) is 11.6 Å². The van der Waals surface area contributed by atoms with Crippen LogP contribution >= 0.6 is 0 Å². The summed E-state index contributed by atoms with van der Waals surface area (Å²) >= 11 is 0. The van der Waals surface area contributed by atoms with Crippen LogP contribution in [0.15, 0.2) is 36.4 Å². The summed E-state index contributed by atoms with van der Waals surface area (Å²) in [6.07, 6.45) is 0. The lowest BCUT2D eigenvalue weighted by Gasteiger charge is -2.30. The highest BCUT2D eigenvalue weighted by atomic mass is 19.2. The SMILES string of the molecule is O=C1CNc2cc(F)c(F)cc2N1Cc1ccccc1F. The Balaban J connectivity index is 2.01. The van der Waals surface area contributed by atoms with Crippen LogP contribution in [-0.2, 0) is 11.3 Å². The first-order valence-corrected chi connectivity index (χ1v) is 6.33. The molecule has 21 heavy (non-hydrogen) atoms. The Bertz CT molecular complexity index is 718. The fraction of sp³-hybridized carbons (Fsp3) is 0.133. The number of nitrogens with one attached hydrogen (secondary N) is 1. The van der Waals surface area contributed by atoms with Gasteiger partial charge in [0.25, 0.3) is 0 Å². The molecule has 0 saturated heterocycles. The molecule has 0 unspecified atom stereocenters. The van der Waals surface area contributed by atoms with Crippen LogP contribution in [0.1, 0.15) is 5.56 Å². The second kappa shape index (κ2) is 5.12. The van der Waals surface area contributed by atoms with Crippen LogP contribution in [0.3, 0.4) is 0 Å². The molecule has 0 atom stereocenters. The van der Waals surface area contributed by atoms with E-state index >= 15 is 0 Å². The molecule has 2 aromatic carbocycles. The number of benzene rings is 2. The van der Waals surface area contributed by atoms with Crippen molar-refractivity contribution >= 4 is 17.3 Å². The van der Waals surface area contributed by atoms with E-state index in [0.717, 1.165) is 12.1 Å². The van der Waals surface area contributed by atoms with E-state index in [1.807, 2.05) is 0 Å². The van der Waals surface area contributed by atoms with Gasteiger partial charge in [0.1, 0.15) is 5.82 Å². The summed E-state index contributed by atoms with van der Waals surface area (Å²) in [6, 6.07) is 7.96. The fourth-order valence-corrected chi connectivity index (χ4v) is 2.27. The molecule has 0 aliphatic carbocycles. The van der Waals surface area contributed by atoms with Crippen molar-refractivity contribution in [2.45, 2.75) is 6.54 Å². The van der Waals surface area contributed by atoms with Gasteiger partial charge < -0.3 is 10.2 Å². The highest BCUT2D eigenvalue weighted by molar-refractivity contribution is 6.02. The topological polar surface area (TPSA) is 32.3 Å². The molecule has 0 fully saturated rings. The Labute approximate surface area is 119 Å². The Morgan fingerprint density at radius 2 is 1.76 bits per heavy atom. The third-order valence-corrected chi connectivity index (χ3v) is 3.35. The van der Waals surface area contributed by atoms with Gasteiger partial charge in [-0.05, 0) is 6.07 Å². The molecule has 1 aliphatic rings. The van der Waals surface area contributed by atoms with E-state index in [2.05, 4.69) is 5.32 Å². The summed E-state index contributed by atoms with van der Waals surface area (Å²) in [7, 11) is 0. The molecule has 0 saturated carbocycles. The van der Waals surface area contributed by atoms with Crippen LogP contribution in [0.4, 0.5) is 24.5 Å². The molecule has 1 N–H and O–H groups in total. The van der Waals surface area contributed by atoms with E-state index < -0.39 is 17.5 Å². The number of nitrogens with zero attached hydrogens (tertiary/aromatic N) is 1. The summed E-state index contributed by atoms with van der Waals surface area (Å²) in [6.45, 7) is -0.0855. The number of halogens is 3. The predicted molar refractivity (Wildman–Crippen MR) is 72.4 cm³/mol. The molecule has 0 radical (unpaired) electrons. The second-order valence-corrected chi connectivity index (χ2v) is 4.71. The minimum absolute atomic E-state index is 0.0364. The first-order chi connectivity index (χ1) is 10.1. The molecule has 6 heteroatoms. The zero-order valence-electron chi connectivity index (χ0n) is 10.9. The minimum atomic E-state index is -1.05. The molecular weight excluding hydrogens is 281 g/mol. The lowest BCUT2D eigenvalue weighted by atomic mass is 10.1. The summed E-state index contributed by atoms with van der Waals surface area (Å²) in [5.74, 6) is -2.84. The standard InChI is InChI=1S/C15H11F3N2O/c16-10-4-2-1-3-9(10)8-20-14-6-12(18)11(17)5-13(14)19-7-15(20)21/h1-6,19H,7-8H2. The van der Waals surface area contributed by atoms with Crippen LogP contribution in [0.2, 0.25) is 0 Å². The lowest BCUT2D eigenvalue weighted by molar-refractivity contribution is -0.117. The van der Waals surface area contributed by atoms with Gasteiger partial charge in [-0.2, -0.15) is 0 Å². The Morgan fingerprint density at radius 1 is 1.05 bits per heavy atom. The molecule has 3 rings (SSSR count). The van der Waals surface area contributed by atoms with Gasteiger partial charge in [0.2, 0.25) is 5.91 Å². The number of anilines is 2. The molecule has 108 valence electrons. The number of amides is 1. The number of hydrogen-bond donors (Lipinski definition) is 1. The van der Waals surface area contributed by atoms with Gasteiger partial charge in [-0.15, -0.1) is 0 Å². The molecule has 0 aromatic heterocycles. The molecule has 0 bridgehead atoms. The van der Waals surface area contributed by atoms with Crippen molar-refractivity contribution in [3.63, 3.8) is 0 Å².